The first-order valence-corrected chi connectivity index (χ1v) is 9.16. The third kappa shape index (κ3) is 3.65. The maximum atomic E-state index is 13.2. The van der Waals surface area contributed by atoms with E-state index in [0.29, 0.717) is 44.3 Å². The minimum absolute atomic E-state index is 0.140. The summed E-state index contributed by atoms with van der Waals surface area (Å²) in [5.74, 6) is 1.43. The topological polar surface area (TPSA) is 82.6 Å². The summed E-state index contributed by atoms with van der Waals surface area (Å²) in [6, 6.07) is 6.23. The van der Waals surface area contributed by atoms with Gasteiger partial charge in [-0.1, -0.05) is 12.1 Å². The second-order valence-corrected chi connectivity index (χ2v) is 7.65. The number of piperidine rings is 1. The summed E-state index contributed by atoms with van der Waals surface area (Å²) in [7, 11) is 0. The number of hydrogen-bond donors (Lipinski definition) is 2. The highest BCUT2D eigenvalue weighted by Crippen LogP contribution is 2.39. The van der Waals surface area contributed by atoms with Gasteiger partial charge in [0.15, 0.2) is 0 Å². The van der Waals surface area contributed by atoms with Gasteiger partial charge in [-0.25, -0.2) is 4.39 Å². The lowest BCUT2D eigenvalue weighted by atomic mass is 9.73. The Kier molecular flexibility index (Phi) is 4.77. The molecule has 1 aromatic heterocycles. The molecule has 0 unspecified atom stereocenters. The summed E-state index contributed by atoms with van der Waals surface area (Å²) in [5, 5.41) is 28.9. The van der Waals surface area contributed by atoms with E-state index in [1.165, 1.54) is 12.1 Å². The molecule has 0 bridgehead atoms. The molecule has 6 nitrogen and oxygen atoms in total. The lowest BCUT2D eigenvalue weighted by Crippen LogP contribution is -2.54. The van der Waals surface area contributed by atoms with Gasteiger partial charge in [-0.05, 0) is 43.4 Å². The number of benzene rings is 1. The van der Waals surface area contributed by atoms with E-state index in [1.54, 1.807) is 12.1 Å². The molecular weight excluding hydrogens is 337 g/mol. The molecule has 1 aromatic carbocycles. The second-order valence-electron chi connectivity index (χ2n) is 7.65. The van der Waals surface area contributed by atoms with E-state index in [1.807, 2.05) is 0 Å². The van der Waals surface area contributed by atoms with Crippen LogP contribution in [0.3, 0.4) is 0 Å². The lowest BCUT2D eigenvalue weighted by Gasteiger charge is -2.45. The SMILES string of the molecule is OC[C@]1(Cc2ccc(F)cc2)CN(Cc2nnc(C3CC3)o2)CC[C@@H]1O. The number of rotatable bonds is 6. The molecule has 0 radical (unpaired) electrons. The smallest absolute Gasteiger partial charge is 0.230 e. The number of hydrogen-bond acceptors (Lipinski definition) is 6. The zero-order chi connectivity index (χ0) is 18.1. The number of nitrogens with zero attached hydrogens (tertiary/aromatic N) is 3. The quantitative estimate of drug-likeness (QED) is 0.817. The van der Waals surface area contributed by atoms with Crippen molar-refractivity contribution in [1.29, 1.82) is 0 Å². The highest BCUT2D eigenvalue weighted by Gasteiger charge is 2.42. The molecule has 2 aromatic rings. The van der Waals surface area contributed by atoms with Crippen molar-refractivity contribution in [2.24, 2.45) is 5.41 Å². The van der Waals surface area contributed by atoms with Gasteiger partial charge in [0.25, 0.3) is 0 Å². The molecule has 4 rings (SSSR count). The molecule has 2 aliphatic rings. The number of aliphatic hydroxyl groups is 2. The standard InChI is InChI=1S/C19H24FN3O3/c20-15-5-1-13(2-6-15)9-19(12-24)11-23(8-7-16(19)25)10-17-21-22-18(26-17)14-3-4-14/h1-2,5-6,14,16,24-25H,3-4,7-12H2/t16-,19-/m0/s1. The van der Waals surface area contributed by atoms with Crippen molar-refractivity contribution < 1.29 is 19.0 Å². The summed E-state index contributed by atoms with van der Waals surface area (Å²) >= 11 is 0. The minimum Gasteiger partial charge on any atom is -0.424 e. The van der Waals surface area contributed by atoms with E-state index in [0.717, 1.165) is 24.3 Å². The first kappa shape index (κ1) is 17.6. The summed E-state index contributed by atoms with van der Waals surface area (Å²) in [4.78, 5) is 2.14. The number of halogens is 1. The minimum atomic E-state index is -0.685. The van der Waals surface area contributed by atoms with E-state index in [-0.39, 0.29) is 12.4 Å². The van der Waals surface area contributed by atoms with Crippen LogP contribution in [0.25, 0.3) is 0 Å². The number of likely N-dealkylation sites (tertiary alicyclic amines) is 1. The summed E-state index contributed by atoms with van der Waals surface area (Å²) < 4.78 is 18.9. The third-order valence-corrected chi connectivity index (χ3v) is 5.52. The average Bonchev–Trinajstić information content (AvgIpc) is 3.39. The molecule has 7 heteroatoms. The first-order valence-electron chi connectivity index (χ1n) is 9.16. The Bertz CT molecular complexity index is 747. The molecule has 1 saturated heterocycles. The molecule has 0 amide bonds. The van der Waals surface area contributed by atoms with Crippen molar-refractivity contribution in [1.82, 2.24) is 15.1 Å². The van der Waals surface area contributed by atoms with E-state index in [2.05, 4.69) is 15.1 Å². The number of aromatic nitrogens is 2. The van der Waals surface area contributed by atoms with Crippen LogP contribution in [0, 0.1) is 11.2 Å². The van der Waals surface area contributed by atoms with Crippen molar-refractivity contribution >= 4 is 0 Å². The Hall–Kier alpha value is -1.83. The molecular formula is C19H24FN3O3. The Morgan fingerprint density at radius 2 is 1.96 bits per heavy atom. The molecule has 140 valence electrons. The maximum absolute atomic E-state index is 13.2. The Labute approximate surface area is 151 Å². The molecule has 1 aliphatic heterocycles. The van der Waals surface area contributed by atoms with E-state index < -0.39 is 11.5 Å². The van der Waals surface area contributed by atoms with Gasteiger partial charge in [0.2, 0.25) is 11.8 Å². The normalized spacial score (nSPS) is 27.0. The summed E-state index contributed by atoms with van der Waals surface area (Å²) in [5.41, 5.74) is 0.213. The van der Waals surface area contributed by atoms with Crippen molar-refractivity contribution in [2.45, 2.75) is 44.2 Å². The maximum Gasteiger partial charge on any atom is 0.230 e. The Morgan fingerprint density at radius 3 is 2.65 bits per heavy atom. The zero-order valence-corrected chi connectivity index (χ0v) is 14.6. The van der Waals surface area contributed by atoms with Gasteiger partial charge < -0.3 is 14.6 Å². The largest absolute Gasteiger partial charge is 0.424 e. The van der Waals surface area contributed by atoms with Gasteiger partial charge in [-0.3, -0.25) is 4.90 Å². The highest BCUT2D eigenvalue weighted by atomic mass is 19.1. The van der Waals surface area contributed by atoms with E-state index >= 15 is 0 Å². The van der Waals surface area contributed by atoms with Crippen LogP contribution in [0.1, 0.15) is 42.5 Å². The lowest BCUT2D eigenvalue weighted by molar-refractivity contribution is -0.0782. The Balaban J connectivity index is 1.46. The average molecular weight is 361 g/mol. The Morgan fingerprint density at radius 1 is 1.19 bits per heavy atom. The van der Waals surface area contributed by atoms with Gasteiger partial charge in [-0.15, -0.1) is 10.2 Å². The molecule has 1 saturated carbocycles. The fraction of sp³-hybridized carbons (Fsp3) is 0.579. The van der Waals surface area contributed by atoms with Gasteiger partial charge in [-0.2, -0.15) is 0 Å². The van der Waals surface area contributed by atoms with Crippen molar-refractivity contribution in [3.8, 4) is 0 Å². The van der Waals surface area contributed by atoms with Gasteiger partial charge in [0.05, 0.1) is 19.3 Å². The van der Waals surface area contributed by atoms with Crippen LogP contribution < -0.4 is 0 Å². The molecule has 26 heavy (non-hydrogen) atoms. The monoisotopic (exact) mass is 361 g/mol. The molecule has 2 fully saturated rings. The molecule has 2 N–H and O–H groups in total. The zero-order valence-electron chi connectivity index (χ0n) is 14.6. The number of aliphatic hydroxyl groups excluding tert-OH is 2. The van der Waals surface area contributed by atoms with Crippen LogP contribution >= 0.6 is 0 Å². The van der Waals surface area contributed by atoms with E-state index in [9.17, 15) is 14.6 Å². The van der Waals surface area contributed by atoms with Crippen LogP contribution in [0.5, 0.6) is 0 Å². The second kappa shape index (κ2) is 7.06. The van der Waals surface area contributed by atoms with Crippen molar-refractivity contribution in [2.75, 3.05) is 19.7 Å². The summed E-state index contributed by atoms with van der Waals surface area (Å²) in [6.45, 7) is 1.59. The van der Waals surface area contributed by atoms with Crippen LogP contribution in [0.15, 0.2) is 28.7 Å². The fourth-order valence-corrected chi connectivity index (χ4v) is 3.79. The van der Waals surface area contributed by atoms with Crippen molar-refractivity contribution in [3.63, 3.8) is 0 Å². The third-order valence-electron chi connectivity index (χ3n) is 5.52. The van der Waals surface area contributed by atoms with E-state index in [4.69, 9.17) is 4.42 Å². The van der Waals surface area contributed by atoms with Gasteiger partial charge >= 0.3 is 0 Å². The highest BCUT2D eigenvalue weighted by molar-refractivity contribution is 5.19. The predicted molar refractivity (Wildman–Crippen MR) is 91.8 cm³/mol. The van der Waals surface area contributed by atoms with Crippen LogP contribution in [-0.4, -0.2) is 51.1 Å². The molecule has 2 heterocycles. The fourth-order valence-electron chi connectivity index (χ4n) is 3.79. The van der Waals surface area contributed by atoms with Gasteiger partial charge in [0, 0.05) is 24.4 Å². The van der Waals surface area contributed by atoms with Crippen LogP contribution in [0.4, 0.5) is 4.39 Å². The molecule has 2 atom stereocenters. The molecule has 0 spiro atoms. The first-order chi connectivity index (χ1) is 12.6. The van der Waals surface area contributed by atoms with Crippen LogP contribution in [0.2, 0.25) is 0 Å². The van der Waals surface area contributed by atoms with Crippen LogP contribution in [-0.2, 0) is 13.0 Å². The summed E-state index contributed by atoms with van der Waals surface area (Å²) in [6.07, 6.45) is 2.66. The van der Waals surface area contributed by atoms with Crippen molar-refractivity contribution in [3.05, 3.63) is 47.4 Å². The van der Waals surface area contributed by atoms with Gasteiger partial charge in [0.1, 0.15) is 5.82 Å². The molecule has 1 aliphatic carbocycles. The predicted octanol–water partition coefficient (Wildman–Crippen LogP) is 1.87.